The van der Waals surface area contributed by atoms with Gasteiger partial charge in [0.2, 0.25) is 11.8 Å². The fourth-order valence-corrected chi connectivity index (χ4v) is 4.15. The molecule has 0 unspecified atom stereocenters. The number of carbonyl (C=O) groups is 2. The summed E-state index contributed by atoms with van der Waals surface area (Å²) in [5, 5.41) is 0. The first-order valence-electron chi connectivity index (χ1n) is 9.54. The summed E-state index contributed by atoms with van der Waals surface area (Å²) in [6.45, 7) is 5.19. The fourth-order valence-electron chi connectivity index (χ4n) is 4.15. The van der Waals surface area contributed by atoms with Crippen LogP contribution < -0.4 is 0 Å². The first kappa shape index (κ1) is 18.6. The van der Waals surface area contributed by atoms with E-state index < -0.39 is 0 Å². The normalized spacial score (nSPS) is 18.7. The summed E-state index contributed by atoms with van der Waals surface area (Å²) in [5.74, 6) is -0.231. The number of hydrogen-bond donors (Lipinski definition) is 0. The molecule has 0 bridgehead atoms. The van der Waals surface area contributed by atoms with Crippen LogP contribution >= 0.6 is 0 Å². The highest BCUT2D eigenvalue weighted by molar-refractivity contribution is 5.87. The van der Waals surface area contributed by atoms with Crippen LogP contribution in [0.25, 0.3) is 0 Å². The predicted molar refractivity (Wildman–Crippen MR) is 98.7 cm³/mol. The van der Waals surface area contributed by atoms with E-state index in [9.17, 15) is 14.0 Å². The van der Waals surface area contributed by atoms with Gasteiger partial charge in [0.25, 0.3) is 0 Å². The highest BCUT2D eigenvalue weighted by Gasteiger charge is 2.34. The van der Waals surface area contributed by atoms with Gasteiger partial charge in [0.05, 0.1) is 0 Å². The number of carbonyl (C=O) groups excluding carboxylic acids is 2. The van der Waals surface area contributed by atoms with Crippen molar-refractivity contribution in [2.45, 2.75) is 51.1 Å². The highest BCUT2D eigenvalue weighted by Crippen LogP contribution is 2.29. The SMILES string of the molecule is C=CC(=O)N1CCC(C(=O)N(Cc2cccc(F)c2)C2CCCC2)CC1. The maximum atomic E-state index is 13.6. The molecule has 5 heteroatoms. The Morgan fingerprint density at radius 2 is 1.88 bits per heavy atom. The quantitative estimate of drug-likeness (QED) is 0.756. The molecule has 1 aliphatic carbocycles. The second-order valence-corrected chi connectivity index (χ2v) is 7.34. The number of nitrogens with zero attached hydrogens (tertiary/aromatic N) is 2. The van der Waals surface area contributed by atoms with Crippen LogP contribution in [-0.2, 0) is 16.1 Å². The summed E-state index contributed by atoms with van der Waals surface area (Å²) in [5.41, 5.74) is 0.838. The molecule has 2 fully saturated rings. The van der Waals surface area contributed by atoms with Gasteiger partial charge in [-0.1, -0.05) is 31.6 Å². The Labute approximate surface area is 154 Å². The third-order valence-corrected chi connectivity index (χ3v) is 5.62. The van der Waals surface area contributed by atoms with E-state index in [1.807, 2.05) is 11.0 Å². The number of likely N-dealkylation sites (tertiary alicyclic amines) is 1. The number of benzene rings is 1. The van der Waals surface area contributed by atoms with Gasteiger partial charge < -0.3 is 9.80 Å². The molecule has 0 aromatic heterocycles. The molecule has 3 rings (SSSR count). The van der Waals surface area contributed by atoms with Crippen molar-refractivity contribution in [3.63, 3.8) is 0 Å². The average molecular weight is 358 g/mol. The second kappa shape index (κ2) is 8.47. The van der Waals surface area contributed by atoms with Crippen molar-refractivity contribution in [3.05, 3.63) is 48.3 Å². The second-order valence-electron chi connectivity index (χ2n) is 7.34. The molecule has 1 saturated heterocycles. The van der Waals surface area contributed by atoms with E-state index in [2.05, 4.69) is 6.58 Å². The summed E-state index contributed by atoms with van der Waals surface area (Å²) < 4.78 is 13.6. The summed E-state index contributed by atoms with van der Waals surface area (Å²) in [4.78, 5) is 28.7. The topological polar surface area (TPSA) is 40.6 Å². The van der Waals surface area contributed by atoms with Gasteiger partial charge in [0.1, 0.15) is 5.82 Å². The first-order valence-corrected chi connectivity index (χ1v) is 9.54. The lowest BCUT2D eigenvalue weighted by Gasteiger charge is -2.36. The molecule has 1 aromatic rings. The summed E-state index contributed by atoms with van der Waals surface area (Å²) >= 11 is 0. The van der Waals surface area contributed by atoms with Crippen LogP contribution in [0.3, 0.4) is 0 Å². The largest absolute Gasteiger partial charge is 0.339 e. The molecule has 0 radical (unpaired) electrons. The molecule has 2 aliphatic rings. The van der Waals surface area contributed by atoms with Crippen molar-refractivity contribution in [1.82, 2.24) is 9.80 Å². The van der Waals surface area contributed by atoms with Crippen LogP contribution in [0, 0.1) is 11.7 Å². The van der Waals surface area contributed by atoms with Crippen molar-refractivity contribution in [2.24, 2.45) is 5.92 Å². The predicted octanol–water partition coefficient (Wildman–Crippen LogP) is 3.52. The van der Waals surface area contributed by atoms with Gasteiger partial charge in [-0.2, -0.15) is 0 Å². The Bertz CT molecular complexity index is 662. The van der Waals surface area contributed by atoms with Crippen LogP contribution in [0.5, 0.6) is 0 Å². The molecule has 2 amide bonds. The molecule has 0 N–H and O–H groups in total. The lowest BCUT2D eigenvalue weighted by Crippen LogP contribution is -2.46. The lowest BCUT2D eigenvalue weighted by atomic mass is 9.94. The molecule has 1 aliphatic heterocycles. The van der Waals surface area contributed by atoms with Gasteiger partial charge >= 0.3 is 0 Å². The van der Waals surface area contributed by atoms with E-state index in [0.29, 0.717) is 32.5 Å². The average Bonchev–Trinajstić information content (AvgIpc) is 3.19. The first-order chi connectivity index (χ1) is 12.6. The van der Waals surface area contributed by atoms with E-state index in [-0.39, 0.29) is 29.6 Å². The van der Waals surface area contributed by atoms with Gasteiger partial charge in [-0.05, 0) is 49.5 Å². The summed E-state index contributed by atoms with van der Waals surface area (Å²) in [7, 11) is 0. The van der Waals surface area contributed by atoms with E-state index in [1.54, 1.807) is 11.0 Å². The van der Waals surface area contributed by atoms with Gasteiger partial charge in [0.15, 0.2) is 0 Å². The Hall–Kier alpha value is -2.17. The zero-order chi connectivity index (χ0) is 18.5. The number of piperidine rings is 1. The van der Waals surface area contributed by atoms with Crippen molar-refractivity contribution in [1.29, 1.82) is 0 Å². The van der Waals surface area contributed by atoms with Crippen LogP contribution in [0.4, 0.5) is 4.39 Å². The molecule has 140 valence electrons. The van der Waals surface area contributed by atoms with Crippen LogP contribution in [0.1, 0.15) is 44.1 Å². The van der Waals surface area contributed by atoms with Gasteiger partial charge in [-0.3, -0.25) is 9.59 Å². The highest BCUT2D eigenvalue weighted by atomic mass is 19.1. The van der Waals surface area contributed by atoms with Crippen LogP contribution in [-0.4, -0.2) is 40.7 Å². The van der Waals surface area contributed by atoms with Crippen LogP contribution in [0.2, 0.25) is 0 Å². The standard InChI is InChI=1S/C21H27FN2O2/c1-2-20(25)23-12-10-17(11-13-23)21(26)24(19-8-3-4-9-19)15-16-6-5-7-18(22)14-16/h2,5-7,14,17,19H,1,3-4,8-13,15H2. The third kappa shape index (κ3) is 4.32. The number of rotatable bonds is 5. The van der Waals surface area contributed by atoms with Gasteiger partial charge in [-0.25, -0.2) is 4.39 Å². The minimum Gasteiger partial charge on any atom is -0.339 e. The van der Waals surface area contributed by atoms with E-state index in [0.717, 1.165) is 31.2 Å². The van der Waals surface area contributed by atoms with Gasteiger partial charge in [0, 0.05) is 31.6 Å². The van der Waals surface area contributed by atoms with E-state index in [1.165, 1.54) is 18.2 Å². The van der Waals surface area contributed by atoms with E-state index in [4.69, 9.17) is 0 Å². The lowest BCUT2D eigenvalue weighted by molar-refractivity contribution is -0.142. The minimum atomic E-state index is -0.266. The zero-order valence-corrected chi connectivity index (χ0v) is 15.2. The summed E-state index contributed by atoms with van der Waals surface area (Å²) in [6, 6.07) is 6.77. The molecule has 0 atom stereocenters. The Morgan fingerprint density at radius 3 is 2.50 bits per heavy atom. The van der Waals surface area contributed by atoms with Crippen molar-refractivity contribution < 1.29 is 14.0 Å². The van der Waals surface area contributed by atoms with Gasteiger partial charge in [-0.15, -0.1) is 0 Å². The molecule has 0 spiro atoms. The Kier molecular flexibility index (Phi) is 6.07. The molecule has 26 heavy (non-hydrogen) atoms. The molecule has 4 nitrogen and oxygen atoms in total. The number of amides is 2. The van der Waals surface area contributed by atoms with Crippen molar-refractivity contribution in [3.8, 4) is 0 Å². The summed E-state index contributed by atoms with van der Waals surface area (Å²) in [6.07, 6.45) is 7.03. The number of hydrogen-bond acceptors (Lipinski definition) is 2. The Morgan fingerprint density at radius 1 is 1.19 bits per heavy atom. The zero-order valence-electron chi connectivity index (χ0n) is 15.2. The molecule has 1 heterocycles. The smallest absolute Gasteiger partial charge is 0.245 e. The minimum absolute atomic E-state index is 0.0574. The maximum absolute atomic E-state index is 13.6. The maximum Gasteiger partial charge on any atom is 0.245 e. The van der Waals surface area contributed by atoms with Crippen LogP contribution in [0.15, 0.2) is 36.9 Å². The Balaban J connectivity index is 1.69. The third-order valence-electron chi connectivity index (χ3n) is 5.62. The van der Waals surface area contributed by atoms with Crippen molar-refractivity contribution in [2.75, 3.05) is 13.1 Å². The fraction of sp³-hybridized carbons (Fsp3) is 0.524. The van der Waals surface area contributed by atoms with E-state index >= 15 is 0 Å². The molecule has 1 saturated carbocycles. The monoisotopic (exact) mass is 358 g/mol. The molecule has 1 aromatic carbocycles. The number of halogens is 1. The molecular weight excluding hydrogens is 331 g/mol. The molecular formula is C21H27FN2O2. The van der Waals surface area contributed by atoms with Crippen molar-refractivity contribution >= 4 is 11.8 Å².